The van der Waals surface area contributed by atoms with Gasteiger partial charge in [0.15, 0.2) is 0 Å². The van der Waals surface area contributed by atoms with Crippen molar-refractivity contribution in [3.63, 3.8) is 0 Å². The zero-order chi connectivity index (χ0) is 26.5. The van der Waals surface area contributed by atoms with Crippen LogP contribution in [0.2, 0.25) is 0 Å². The van der Waals surface area contributed by atoms with E-state index in [4.69, 9.17) is 4.74 Å². The molecule has 0 aliphatic heterocycles. The van der Waals surface area contributed by atoms with E-state index in [9.17, 15) is 26.4 Å². The minimum atomic E-state index is -4.68. The molecule has 0 aromatic heterocycles. The number of amides is 1. The number of anilines is 1. The lowest BCUT2D eigenvalue weighted by Crippen LogP contribution is -2.40. The Hall–Kier alpha value is -3.53. The third kappa shape index (κ3) is 7.00. The molecule has 1 amide bonds. The Morgan fingerprint density at radius 3 is 2.22 bits per heavy atom. The van der Waals surface area contributed by atoms with Crippen LogP contribution >= 0.6 is 0 Å². The standard InChI is InChI=1S/C26H27F3N2O4S/c1-18(2)35-23-11-9-20(10-12-23)16-30-25(32)17-31(22-6-4-5-21(15-22)26(27,28)29)36(33,34)24-13-7-19(3)8-14-24/h4-15,18H,16-17H2,1-3H3,(H,30,32). The Labute approximate surface area is 208 Å². The molecule has 10 heteroatoms. The van der Waals surface area contributed by atoms with Crippen LogP contribution in [-0.4, -0.2) is 27.0 Å². The molecule has 3 aromatic carbocycles. The number of hydrogen-bond donors (Lipinski definition) is 1. The lowest BCUT2D eigenvalue weighted by Gasteiger charge is -2.25. The molecule has 0 saturated heterocycles. The number of alkyl halides is 3. The fraction of sp³-hybridized carbons (Fsp3) is 0.269. The van der Waals surface area contributed by atoms with Gasteiger partial charge in [0.2, 0.25) is 5.91 Å². The minimum absolute atomic E-state index is 0.00728. The number of nitrogens with one attached hydrogen (secondary N) is 1. The summed E-state index contributed by atoms with van der Waals surface area (Å²) >= 11 is 0. The van der Waals surface area contributed by atoms with Crippen molar-refractivity contribution < 1.29 is 31.1 Å². The van der Waals surface area contributed by atoms with E-state index >= 15 is 0 Å². The van der Waals surface area contributed by atoms with Crippen LogP contribution in [0.1, 0.15) is 30.5 Å². The highest BCUT2D eigenvalue weighted by Crippen LogP contribution is 2.33. The zero-order valence-corrected chi connectivity index (χ0v) is 20.9. The monoisotopic (exact) mass is 520 g/mol. The Balaban J connectivity index is 1.85. The highest BCUT2D eigenvalue weighted by Gasteiger charge is 2.33. The summed E-state index contributed by atoms with van der Waals surface area (Å²) in [5, 5.41) is 2.63. The Kier molecular flexibility index (Phi) is 8.29. The molecule has 6 nitrogen and oxygen atoms in total. The average Bonchev–Trinajstić information content (AvgIpc) is 2.81. The number of nitrogens with zero attached hydrogens (tertiary/aromatic N) is 1. The third-order valence-corrected chi connectivity index (χ3v) is 6.93. The van der Waals surface area contributed by atoms with Gasteiger partial charge in [-0.1, -0.05) is 35.9 Å². The van der Waals surface area contributed by atoms with Gasteiger partial charge >= 0.3 is 6.18 Å². The lowest BCUT2D eigenvalue weighted by molar-refractivity contribution is -0.137. The van der Waals surface area contributed by atoms with Gasteiger partial charge in [-0.2, -0.15) is 13.2 Å². The molecule has 1 N–H and O–H groups in total. The van der Waals surface area contributed by atoms with Gasteiger partial charge in [0.05, 0.1) is 22.3 Å². The molecule has 0 bridgehead atoms. The normalized spacial score (nSPS) is 11.9. The zero-order valence-electron chi connectivity index (χ0n) is 20.0. The van der Waals surface area contributed by atoms with Crippen LogP contribution in [0.15, 0.2) is 77.7 Å². The van der Waals surface area contributed by atoms with Crippen molar-refractivity contribution in [1.29, 1.82) is 0 Å². The summed E-state index contributed by atoms with van der Waals surface area (Å²) in [5.41, 5.74) is 0.262. The second kappa shape index (κ2) is 11.0. The number of hydrogen-bond acceptors (Lipinski definition) is 4. The molecule has 3 aromatic rings. The number of ether oxygens (including phenoxy) is 1. The van der Waals surface area contributed by atoms with E-state index in [1.807, 2.05) is 13.8 Å². The minimum Gasteiger partial charge on any atom is -0.491 e. The summed E-state index contributed by atoms with van der Waals surface area (Å²) in [6.07, 6.45) is -4.67. The predicted octanol–water partition coefficient (Wildman–Crippen LogP) is 5.31. The van der Waals surface area contributed by atoms with E-state index in [0.29, 0.717) is 16.1 Å². The highest BCUT2D eigenvalue weighted by atomic mass is 32.2. The largest absolute Gasteiger partial charge is 0.491 e. The summed E-state index contributed by atoms with van der Waals surface area (Å²) < 4.78 is 73.0. The first-order chi connectivity index (χ1) is 16.9. The lowest BCUT2D eigenvalue weighted by atomic mass is 10.2. The number of carbonyl (C=O) groups excluding carboxylic acids is 1. The predicted molar refractivity (Wildman–Crippen MR) is 131 cm³/mol. The van der Waals surface area contributed by atoms with Crippen LogP contribution in [0.3, 0.4) is 0 Å². The molecule has 0 unspecified atom stereocenters. The van der Waals surface area contributed by atoms with Crippen molar-refractivity contribution in [1.82, 2.24) is 5.32 Å². The van der Waals surface area contributed by atoms with Gasteiger partial charge in [-0.15, -0.1) is 0 Å². The molecule has 0 spiro atoms. The molecular weight excluding hydrogens is 493 g/mol. The number of carbonyl (C=O) groups is 1. The molecule has 0 radical (unpaired) electrons. The molecule has 0 aliphatic carbocycles. The number of benzene rings is 3. The fourth-order valence-corrected chi connectivity index (χ4v) is 4.75. The SMILES string of the molecule is Cc1ccc(S(=O)(=O)N(CC(=O)NCc2ccc(OC(C)C)cc2)c2cccc(C(F)(F)F)c2)cc1. The van der Waals surface area contributed by atoms with Crippen molar-refractivity contribution in [3.8, 4) is 5.75 Å². The van der Waals surface area contributed by atoms with Gasteiger partial charge in [0, 0.05) is 6.54 Å². The van der Waals surface area contributed by atoms with Gasteiger partial charge in [0.25, 0.3) is 10.0 Å². The van der Waals surface area contributed by atoms with Crippen LogP contribution < -0.4 is 14.4 Å². The average molecular weight is 521 g/mol. The first kappa shape index (κ1) is 27.1. The number of sulfonamides is 1. The number of halogens is 3. The van der Waals surface area contributed by atoms with Gasteiger partial charge < -0.3 is 10.1 Å². The first-order valence-electron chi connectivity index (χ1n) is 11.2. The van der Waals surface area contributed by atoms with Crippen LogP contribution in [0.4, 0.5) is 18.9 Å². The van der Waals surface area contributed by atoms with E-state index in [0.717, 1.165) is 23.3 Å². The number of aryl methyl sites for hydroxylation is 1. The van der Waals surface area contributed by atoms with Gasteiger partial charge in [0.1, 0.15) is 12.3 Å². The Morgan fingerprint density at radius 2 is 1.64 bits per heavy atom. The summed E-state index contributed by atoms with van der Waals surface area (Å²) in [4.78, 5) is 12.6. The second-order valence-electron chi connectivity index (χ2n) is 8.46. The van der Waals surface area contributed by atoms with Crippen molar-refractivity contribution in [2.24, 2.45) is 0 Å². The maximum absolute atomic E-state index is 13.4. The first-order valence-corrected chi connectivity index (χ1v) is 12.6. The molecule has 0 saturated carbocycles. The van der Waals surface area contributed by atoms with Gasteiger partial charge in [-0.3, -0.25) is 9.10 Å². The third-order valence-electron chi connectivity index (χ3n) is 5.14. The summed E-state index contributed by atoms with van der Waals surface area (Å²) in [7, 11) is -4.34. The van der Waals surface area contributed by atoms with E-state index < -0.39 is 34.2 Å². The van der Waals surface area contributed by atoms with Crippen molar-refractivity contribution in [2.45, 2.75) is 44.5 Å². The van der Waals surface area contributed by atoms with E-state index in [2.05, 4.69) is 5.32 Å². The molecule has 3 rings (SSSR count). The molecule has 0 fully saturated rings. The summed E-state index contributed by atoms with van der Waals surface area (Å²) in [6, 6.07) is 16.7. The van der Waals surface area contributed by atoms with Crippen LogP contribution in [0, 0.1) is 6.92 Å². The van der Waals surface area contributed by atoms with E-state index in [1.54, 1.807) is 43.3 Å². The van der Waals surface area contributed by atoms with Crippen LogP contribution in [0.5, 0.6) is 5.75 Å². The molecule has 36 heavy (non-hydrogen) atoms. The maximum atomic E-state index is 13.4. The van der Waals surface area contributed by atoms with Crippen LogP contribution in [-0.2, 0) is 27.5 Å². The van der Waals surface area contributed by atoms with Crippen molar-refractivity contribution >= 4 is 21.6 Å². The molecule has 0 atom stereocenters. The van der Waals surface area contributed by atoms with Crippen molar-refractivity contribution in [3.05, 3.63) is 89.5 Å². The second-order valence-corrected chi connectivity index (χ2v) is 10.3. The number of rotatable bonds is 9. The van der Waals surface area contributed by atoms with E-state index in [1.165, 1.54) is 18.2 Å². The Morgan fingerprint density at radius 1 is 1.00 bits per heavy atom. The molecule has 192 valence electrons. The highest BCUT2D eigenvalue weighted by molar-refractivity contribution is 7.92. The summed E-state index contributed by atoms with van der Waals surface area (Å²) in [5.74, 6) is -0.00871. The smallest absolute Gasteiger partial charge is 0.416 e. The van der Waals surface area contributed by atoms with Crippen LogP contribution in [0.25, 0.3) is 0 Å². The van der Waals surface area contributed by atoms with Gasteiger partial charge in [-0.05, 0) is 68.8 Å². The fourth-order valence-electron chi connectivity index (χ4n) is 3.33. The molecule has 0 heterocycles. The Bertz CT molecular complexity index is 1290. The molecule has 0 aliphatic rings. The molecular formula is C26H27F3N2O4S. The van der Waals surface area contributed by atoms with E-state index in [-0.39, 0.29) is 23.2 Å². The maximum Gasteiger partial charge on any atom is 0.416 e. The van der Waals surface area contributed by atoms with Gasteiger partial charge in [-0.25, -0.2) is 8.42 Å². The quantitative estimate of drug-likeness (QED) is 0.415. The summed E-state index contributed by atoms with van der Waals surface area (Å²) in [6.45, 7) is 4.97. The topological polar surface area (TPSA) is 75.7 Å². The van der Waals surface area contributed by atoms with Crippen molar-refractivity contribution in [2.75, 3.05) is 10.8 Å².